The highest BCUT2D eigenvalue weighted by Gasteiger charge is 2.53. The van der Waals surface area contributed by atoms with Gasteiger partial charge in [0.25, 0.3) is 5.69 Å². The van der Waals surface area contributed by atoms with Crippen molar-refractivity contribution in [3.8, 4) is 5.75 Å². The maximum atomic E-state index is 14.5. The first-order valence-electron chi connectivity index (χ1n) is 7.61. The number of hydrogen-bond donors (Lipinski definition) is 0. The molecule has 0 unspecified atom stereocenters. The van der Waals surface area contributed by atoms with Crippen LogP contribution in [-0.4, -0.2) is 29.9 Å². The van der Waals surface area contributed by atoms with Crippen molar-refractivity contribution in [1.29, 1.82) is 0 Å². The number of rotatable bonds is 5. The van der Waals surface area contributed by atoms with Crippen molar-refractivity contribution in [3.63, 3.8) is 0 Å². The van der Waals surface area contributed by atoms with E-state index in [0.29, 0.717) is 11.3 Å². The minimum Gasteiger partial charge on any atom is -0.489 e. The van der Waals surface area contributed by atoms with E-state index in [4.69, 9.17) is 14.0 Å². The second kappa shape index (κ2) is 6.53. The molecular weight excluding hydrogens is 316 g/mol. The van der Waals surface area contributed by atoms with Crippen LogP contribution >= 0.6 is 0 Å². The number of non-ortho nitro benzene ring substituents is 1. The largest absolute Gasteiger partial charge is 0.525 e. The molecule has 0 bridgehead atoms. The summed E-state index contributed by atoms with van der Waals surface area (Å²) in [5, 5.41) is 10.7. The molecule has 1 aliphatic heterocycles. The molecule has 1 saturated heterocycles. The number of benzene rings is 1. The van der Waals surface area contributed by atoms with Crippen LogP contribution in [0, 0.1) is 10.1 Å². The lowest BCUT2D eigenvalue weighted by atomic mass is 9.85. The quantitative estimate of drug-likeness (QED) is 0.464. The highest BCUT2D eigenvalue weighted by Crippen LogP contribution is 2.39. The van der Waals surface area contributed by atoms with Gasteiger partial charge in [-0.15, -0.1) is 0 Å². The van der Waals surface area contributed by atoms with Crippen LogP contribution in [-0.2, 0) is 9.31 Å². The second-order valence-corrected chi connectivity index (χ2v) is 6.76. The van der Waals surface area contributed by atoms with Crippen LogP contribution in [0.15, 0.2) is 35.6 Å². The van der Waals surface area contributed by atoms with Gasteiger partial charge in [0.1, 0.15) is 18.1 Å². The van der Waals surface area contributed by atoms with Gasteiger partial charge in [-0.3, -0.25) is 10.1 Å². The number of nitro benzene ring substituents is 1. The Morgan fingerprint density at radius 3 is 2.42 bits per heavy atom. The van der Waals surface area contributed by atoms with Crippen molar-refractivity contribution in [2.75, 3.05) is 6.61 Å². The van der Waals surface area contributed by atoms with E-state index >= 15 is 0 Å². The van der Waals surface area contributed by atoms with Crippen molar-refractivity contribution in [3.05, 3.63) is 45.7 Å². The molecule has 1 aromatic rings. The van der Waals surface area contributed by atoms with Crippen LogP contribution < -0.4 is 4.74 Å². The molecule has 0 amide bonds. The fourth-order valence-corrected chi connectivity index (χ4v) is 2.10. The van der Waals surface area contributed by atoms with Crippen molar-refractivity contribution >= 4 is 12.8 Å². The van der Waals surface area contributed by atoms with E-state index in [1.165, 1.54) is 18.2 Å². The summed E-state index contributed by atoms with van der Waals surface area (Å²) in [6.45, 7) is 8.88. The molecule has 8 heteroatoms. The summed E-state index contributed by atoms with van der Waals surface area (Å²) in [6, 6.07) is 5.74. The average Bonchev–Trinajstić information content (AvgIpc) is 2.72. The molecule has 24 heavy (non-hydrogen) atoms. The molecule has 0 saturated carbocycles. The summed E-state index contributed by atoms with van der Waals surface area (Å²) in [7, 11) is -1.08. The second-order valence-electron chi connectivity index (χ2n) is 6.76. The third-order valence-electron chi connectivity index (χ3n) is 4.35. The van der Waals surface area contributed by atoms with Crippen molar-refractivity contribution in [1.82, 2.24) is 0 Å². The summed E-state index contributed by atoms with van der Waals surface area (Å²) >= 11 is 0. The van der Waals surface area contributed by atoms with E-state index in [1.54, 1.807) is 13.0 Å². The number of nitro groups is 1. The molecule has 0 spiro atoms. The molecule has 0 atom stereocenters. The lowest BCUT2D eigenvalue weighted by Crippen LogP contribution is -2.41. The van der Waals surface area contributed by atoms with Crippen LogP contribution in [0.2, 0.25) is 0 Å². The third kappa shape index (κ3) is 3.76. The van der Waals surface area contributed by atoms with Crippen LogP contribution in [0.1, 0.15) is 34.6 Å². The summed E-state index contributed by atoms with van der Waals surface area (Å²) in [5.41, 5.74) is -1.58. The van der Waals surface area contributed by atoms with Crippen molar-refractivity contribution < 1.29 is 23.4 Å². The summed E-state index contributed by atoms with van der Waals surface area (Å²) in [6.07, 6.45) is 0. The Balaban J connectivity index is 2.06. The van der Waals surface area contributed by atoms with Gasteiger partial charge in [-0.25, -0.2) is 4.39 Å². The first-order valence-corrected chi connectivity index (χ1v) is 7.61. The Hall–Kier alpha value is -1.93. The fraction of sp³-hybridized carbons (Fsp3) is 0.500. The van der Waals surface area contributed by atoms with Crippen molar-refractivity contribution in [2.45, 2.75) is 45.8 Å². The number of hydrogen-bond acceptors (Lipinski definition) is 5. The monoisotopic (exact) mass is 337 g/mol. The average molecular weight is 337 g/mol. The van der Waals surface area contributed by atoms with Crippen molar-refractivity contribution in [2.24, 2.45) is 0 Å². The van der Waals surface area contributed by atoms with Gasteiger partial charge >= 0.3 is 7.12 Å². The SMILES string of the molecule is CC(COc1cccc([N+](=O)[O-])c1)=C(F)B1OC(C)(C)C(C)(C)O1. The maximum absolute atomic E-state index is 14.5. The van der Waals surface area contributed by atoms with Gasteiger partial charge in [-0.1, -0.05) is 6.07 Å². The third-order valence-corrected chi connectivity index (χ3v) is 4.35. The normalized spacial score (nSPS) is 19.8. The molecule has 0 aliphatic carbocycles. The Labute approximate surface area is 140 Å². The molecule has 2 rings (SSSR count). The van der Waals surface area contributed by atoms with Gasteiger partial charge < -0.3 is 14.0 Å². The standard InChI is InChI=1S/C16H21BFNO5/c1-11(10-22-13-8-6-7-12(9-13)19(20)21)14(18)17-23-15(2,3)16(4,5)24-17/h6-9H,10H2,1-5H3. The Kier molecular flexibility index (Phi) is 5.01. The molecule has 1 heterocycles. The first-order chi connectivity index (χ1) is 11.0. The van der Waals surface area contributed by atoms with E-state index in [0.717, 1.165) is 0 Å². The minimum atomic E-state index is -1.08. The van der Waals surface area contributed by atoms with Crippen LogP contribution in [0.3, 0.4) is 0 Å². The Morgan fingerprint density at radius 1 is 1.29 bits per heavy atom. The minimum absolute atomic E-state index is 0.0585. The highest BCUT2D eigenvalue weighted by molar-refractivity contribution is 6.53. The molecule has 0 aromatic heterocycles. The molecule has 1 aliphatic rings. The molecule has 6 nitrogen and oxygen atoms in total. The molecule has 1 fully saturated rings. The Bertz CT molecular complexity index is 658. The zero-order chi connectivity index (χ0) is 18.1. The van der Waals surface area contributed by atoms with Gasteiger partial charge in [-0.05, 0) is 46.3 Å². The Morgan fingerprint density at radius 2 is 1.88 bits per heavy atom. The van der Waals surface area contributed by atoms with Crippen LogP contribution in [0.25, 0.3) is 0 Å². The van der Waals surface area contributed by atoms with Gasteiger partial charge in [0.2, 0.25) is 0 Å². The molecular formula is C16H21BFNO5. The summed E-state index contributed by atoms with van der Waals surface area (Å²) in [4.78, 5) is 10.2. The predicted molar refractivity (Wildman–Crippen MR) is 88.5 cm³/mol. The fourth-order valence-electron chi connectivity index (χ4n) is 2.10. The van der Waals surface area contributed by atoms with Gasteiger partial charge in [0.05, 0.1) is 22.2 Å². The van der Waals surface area contributed by atoms with Gasteiger partial charge in [-0.2, -0.15) is 0 Å². The van der Waals surface area contributed by atoms with Gasteiger partial charge in [0.15, 0.2) is 0 Å². The smallest absolute Gasteiger partial charge is 0.489 e. The zero-order valence-electron chi connectivity index (χ0n) is 14.5. The molecule has 0 N–H and O–H groups in total. The maximum Gasteiger partial charge on any atom is 0.525 e. The number of nitrogens with zero attached hydrogens (tertiary/aromatic N) is 1. The van der Waals surface area contributed by atoms with E-state index in [-0.39, 0.29) is 12.3 Å². The van der Waals surface area contributed by atoms with E-state index in [9.17, 15) is 14.5 Å². The van der Waals surface area contributed by atoms with Gasteiger partial charge in [0, 0.05) is 6.07 Å². The van der Waals surface area contributed by atoms with Crippen LogP contribution in [0.5, 0.6) is 5.75 Å². The number of halogens is 1. The lowest BCUT2D eigenvalue weighted by molar-refractivity contribution is -0.384. The highest BCUT2D eigenvalue weighted by atomic mass is 19.1. The number of ether oxygens (including phenoxy) is 1. The summed E-state index contributed by atoms with van der Waals surface area (Å²) < 4.78 is 31.3. The van der Waals surface area contributed by atoms with E-state index in [2.05, 4.69) is 0 Å². The van der Waals surface area contributed by atoms with Crippen LogP contribution in [0.4, 0.5) is 10.1 Å². The zero-order valence-corrected chi connectivity index (χ0v) is 14.5. The molecule has 0 radical (unpaired) electrons. The topological polar surface area (TPSA) is 70.8 Å². The lowest BCUT2D eigenvalue weighted by Gasteiger charge is -2.32. The predicted octanol–water partition coefficient (Wildman–Crippen LogP) is 3.85. The first kappa shape index (κ1) is 18.4. The van der Waals surface area contributed by atoms with E-state index in [1.807, 2.05) is 27.7 Å². The summed E-state index contributed by atoms with van der Waals surface area (Å²) in [5.74, 6) is 0.297. The molecule has 130 valence electrons. The molecule has 1 aromatic carbocycles. The van der Waals surface area contributed by atoms with E-state index < -0.39 is 29.0 Å².